The second-order valence-electron chi connectivity index (χ2n) is 2.42. The summed E-state index contributed by atoms with van der Waals surface area (Å²) >= 11 is 0. The molecule has 1 aliphatic heterocycles. The van der Waals surface area contributed by atoms with Gasteiger partial charge < -0.3 is 0 Å². The Bertz CT molecular complexity index is 127. The van der Waals surface area contributed by atoms with Crippen LogP contribution in [0.5, 0.6) is 0 Å². The van der Waals surface area contributed by atoms with Crippen molar-refractivity contribution >= 4 is 7.26 Å². The lowest BCUT2D eigenvalue weighted by atomic mass is 10.6. The monoisotopic (exact) mass is 141 g/mol. The largest absolute Gasteiger partial charge is 0.0853 e. The van der Waals surface area contributed by atoms with E-state index in [1.165, 1.54) is 12.3 Å². The van der Waals surface area contributed by atoms with Gasteiger partial charge in [0.05, 0.1) is 0 Å². The summed E-state index contributed by atoms with van der Waals surface area (Å²) in [5.74, 6) is 4.82. The van der Waals surface area contributed by atoms with Crippen molar-refractivity contribution in [3.63, 3.8) is 0 Å². The lowest BCUT2D eigenvalue weighted by molar-refractivity contribution is 1.40. The van der Waals surface area contributed by atoms with Gasteiger partial charge in [-0.2, -0.15) is 0 Å². The minimum Gasteiger partial charge on any atom is -0.0853 e. The molecule has 0 saturated carbocycles. The molecule has 1 heteroatoms. The van der Waals surface area contributed by atoms with Gasteiger partial charge in [0, 0.05) is 0 Å². The Balaban J connectivity index is 2.69. The number of hydrogen-bond acceptors (Lipinski definition) is 0. The van der Waals surface area contributed by atoms with E-state index >= 15 is 0 Å². The van der Waals surface area contributed by atoms with E-state index < -0.39 is 7.26 Å². The molecule has 9 heavy (non-hydrogen) atoms. The fourth-order valence-corrected chi connectivity index (χ4v) is 3.41. The maximum Gasteiger partial charge on any atom is -0.0323 e. The minimum absolute atomic E-state index is 0.670. The van der Waals surface area contributed by atoms with Crippen LogP contribution >= 0.6 is 7.26 Å². The Morgan fingerprint density at radius 1 is 1.00 bits per heavy atom. The van der Waals surface area contributed by atoms with Crippen LogP contribution in [0.3, 0.4) is 0 Å². The predicted molar refractivity (Wildman–Crippen MR) is 46.3 cm³/mol. The SMILES string of the molecule is CC[P]1(CC)C=CC=C1. The molecule has 0 atom stereocenters. The summed E-state index contributed by atoms with van der Waals surface area (Å²) in [5.41, 5.74) is 0. The molecule has 0 spiro atoms. The highest BCUT2D eigenvalue weighted by atomic mass is 31.2. The van der Waals surface area contributed by atoms with Gasteiger partial charge in [0.1, 0.15) is 0 Å². The van der Waals surface area contributed by atoms with Crippen molar-refractivity contribution in [3.05, 3.63) is 23.8 Å². The van der Waals surface area contributed by atoms with E-state index in [0.29, 0.717) is 0 Å². The van der Waals surface area contributed by atoms with Gasteiger partial charge in [-0.1, -0.05) is 44.9 Å². The maximum atomic E-state index is 2.41. The van der Waals surface area contributed by atoms with Gasteiger partial charge in [-0.3, -0.25) is 0 Å². The van der Waals surface area contributed by atoms with E-state index in [1.54, 1.807) is 0 Å². The second kappa shape index (κ2) is 2.66. The Kier molecular flexibility index (Phi) is 2.08. The van der Waals surface area contributed by atoms with Gasteiger partial charge >= 0.3 is 0 Å². The van der Waals surface area contributed by atoms with Crippen molar-refractivity contribution in [3.8, 4) is 0 Å². The molecule has 0 saturated heterocycles. The van der Waals surface area contributed by atoms with E-state index in [4.69, 9.17) is 0 Å². The van der Waals surface area contributed by atoms with E-state index in [2.05, 4.69) is 37.6 Å². The van der Waals surface area contributed by atoms with Gasteiger partial charge in [0.2, 0.25) is 0 Å². The standard InChI is InChI=1S/C8H14P/c1-3-9(4-2)7-5-6-8-9/h5-8H,3-4H2,1-2H3. The van der Waals surface area contributed by atoms with Gasteiger partial charge in [-0.15, -0.1) is 0 Å². The zero-order valence-electron chi connectivity index (χ0n) is 6.17. The van der Waals surface area contributed by atoms with E-state index in [-0.39, 0.29) is 0 Å². The van der Waals surface area contributed by atoms with Crippen LogP contribution in [-0.4, -0.2) is 12.3 Å². The van der Waals surface area contributed by atoms with E-state index in [9.17, 15) is 0 Å². The third-order valence-electron chi connectivity index (χ3n) is 2.05. The Morgan fingerprint density at radius 3 is 1.67 bits per heavy atom. The number of hydrogen-bond donors (Lipinski definition) is 0. The number of allylic oxidation sites excluding steroid dienone is 2. The lowest BCUT2D eigenvalue weighted by Gasteiger charge is -2.23. The Labute approximate surface area is 58.0 Å². The van der Waals surface area contributed by atoms with E-state index in [1.807, 2.05) is 0 Å². The molecule has 0 aromatic carbocycles. The molecule has 1 rings (SSSR count). The molecule has 0 aliphatic carbocycles. The molecule has 0 fully saturated rings. The minimum atomic E-state index is -0.670. The highest BCUT2D eigenvalue weighted by Crippen LogP contribution is 2.63. The average Bonchev–Trinajstić information content (AvgIpc) is 2.36. The predicted octanol–water partition coefficient (Wildman–Crippen LogP) is 3.08. The quantitative estimate of drug-likeness (QED) is 0.518. The first-order chi connectivity index (χ1) is 4.33. The summed E-state index contributed by atoms with van der Waals surface area (Å²) in [6.45, 7) is 4.58. The van der Waals surface area contributed by atoms with Crippen LogP contribution in [0, 0.1) is 0 Å². The highest BCUT2D eigenvalue weighted by Gasteiger charge is 2.17. The van der Waals surface area contributed by atoms with Crippen molar-refractivity contribution < 1.29 is 0 Å². The molecule has 0 unspecified atom stereocenters. The molecule has 0 nitrogen and oxygen atoms in total. The molecular formula is C8H14P. The van der Waals surface area contributed by atoms with Gasteiger partial charge in [0.15, 0.2) is 0 Å². The zero-order chi connectivity index (χ0) is 6.74. The summed E-state index contributed by atoms with van der Waals surface area (Å²) in [5, 5.41) is 0. The number of rotatable bonds is 2. The molecule has 0 bridgehead atoms. The molecule has 1 radical (unpaired) electrons. The van der Waals surface area contributed by atoms with Crippen LogP contribution in [0.1, 0.15) is 13.8 Å². The maximum absolute atomic E-state index is 2.41. The molecule has 51 valence electrons. The average molecular weight is 141 g/mol. The molecular weight excluding hydrogens is 127 g/mol. The fraction of sp³-hybridized carbons (Fsp3) is 0.500. The van der Waals surface area contributed by atoms with Gasteiger partial charge in [-0.05, 0) is 12.3 Å². The summed E-state index contributed by atoms with van der Waals surface area (Å²) in [7, 11) is -0.670. The summed E-state index contributed by atoms with van der Waals surface area (Å²) in [4.78, 5) is 0. The van der Waals surface area contributed by atoms with Gasteiger partial charge in [0.25, 0.3) is 0 Å². The van der Waals surface area contributed by atoms with Crippen molar-refractivity contribution in [1.29, 1.82) is 0 Å². The van der Waals surface area contributed by atoms with Crippen molar-refractivity contribution in [2.75, 3.05) is 12.3 Å². The molecule has 1 heterocycles. The Morgan fingerprint density at radius 2 is 1.44 bits per heavy atom. The first kappa shape index (κ1) is 7.02. The fourth-order valence-electron chi connectivity index (χ4n) is 1.14. The smallest absolute Gasteiger partial charge is 0.0323 e. The Hall–Kier alpha value is -0.0900. The lowest BCUT2D eigenvalue weighted by Crippen LogP contribution is -1.88. The van der Waals surface area contributed by atoms with Crippen LogP contribution in [0.2, 0.25) is 0 Å². The van der Waals surface area contributed by atoms with Crippen molar-refractivity contribution in [2.45, 2.75) is 13.8 Å². The normalized spacial score (nSPS) is 21.1. The highest BCUT2D eigenvalue weighted by molar-refractivity contribution is 7.81. The van der Waals surface area contributed by atoms with Crippen LogP contribution in [0.25, 0.3) is 0 Å². The molecule has 0 N–H and O–H groups in total. The third kappa shape index (κ3) is 1.24. The van der Waals surface area contributed by atoms with Crippen LogP contribution in [0.4, 0.5) is 0 Å². The van der Waals surface area contributed by atoms with E-state index in [0.717, 1.165) is 0 Å². The summed E-state index contributed by atoms with van der Waals surface area (Å²) in [6, 6.07) is 0. The third-order valence-corrected chi connectivity index (χ3v) is 5.94. The second-order valence-corrected chi connectivity index (χ2v) is 6.49. The molecule has 0 aromatic rings. The van der Waals surface area contributed by atoms with Gasteiger partial charge in [-0.25, -0.2) is 0 Å². The van der Waals surface area contributed by atoms with Crippen LogP contribution in [-0.2, 0) is 0 Å². The van der Waals surface area contributed by atoms with Crippen LogP contribution in [0.15, 0.2) is 23.8 Å². The first-order valence-electron chi connectivity index (χ1n) is 3.56. The zero-order valence-corrected chi connectivity index (χ0v) is 7.07. The van der Waals surface area contributed by atoms with Crippen molar-refractivity contribution in [2.24, 2.45) is 0 Å². The molecule has 1 aliphatic rings. The molecule has 0 aromatic heterocycles. The topological polar surface area (TPSA) is 0 Å². The first-order valence-corrected chi connectivity index (χ1v) is 5.86. The summed E-state index contributed by atoms with van der Waals surface area (Å²) < 4.78 is 0. The molecule has 0 amide bonds. The van der Waals surface area contributed by atoms with Crippen LogP contribution < -0.4 is 0 Å². The van der Waals surface area contributed by atoms with Crippen molar-refractivity contribution in [1.82, 2.24) is 0 Å². The summed E-state index contributed by atoms with van der Waals surface area (Å²) in [6.07, 6.45) is 7.08.